The summed E-state index contributed by atoms with van der Waals surface area (Å²) in [6, 6.07) is -0.0375. The predicted octanol–water partition coefficient (Wildman–Crippen LogP) is 1.92. The first-order valence-electron chi connectivity index (χ1n) is 7.75. The molecule has 0 bridgehead atoms. The van der Waals surface area contributed by atoms with E-state index in [0.717, 1.165) is 45.1 Å². The van der Waals surface area contributed by atoms with Gasteiger partial charge in [0.15, 0.2) is 0 Å². The molecule has 0 aromatic heterocycles. The molecule has 0 heterocycles. The van der Waals surface area contributed by atoms with Gasteiger partial charge in [-0.1, -0.05) is 32.6 Å². The smallest absolute Gasteiger partial charge is 0.237 e. The minimum absolute atomic E-state index is 0.0800. The summed E-state index contributed by atoms with van der Waals surface area (Å²) in [4.78, 5) is 14.1. The molecule has 0 aromatic carbocycles. The normalized spacial score (nSPS) is 25.3. The highest BCUT2D eigenvalue weighted by atomic mass is 16.3. The van der Waals surface area contributed by atoms with Crippen LogP contribution in [0.25, 0.3) is 0 Å². The first-order valence-corrected chi connectivity index (χ1v) is 7.75. The highest BCUT2D eigenvalue weighted by Gasteiger charge is 2.31. The van der Waals surface area contributed by atoms with Crippen molar-refractivity contribution in [2.24, 2.45) is 0 Å². The standard InChI is InChI=1S/C15H30N2O2/c1-4-5-8-11-16-15(19)12(2)17(3)13-9-6-7-10-14(13)18/h12-14,18H,4-11H2,1-3H3,(H,16,19). The van der Waals surface area contributed by atoms with Crippen LogP contribution in [0.5, 0.6) is 0 Å². The van der Waals surface area contributed by atoms with Gasteiger partial charge in [-0.05, 0) is 33.2 Å². The minimum Gasteiger partial charge on any atom is -0.391 e. The maximum Gasteiger partial charge on any atom is 0.237 e. The van der Waals surface area contributed by atoms with Gasteiger partial charge >= 0.3 is 0 Å². The van der Waals surface area contributed by atoms with E-state index in [1.165, 1.54) is 6.42 Å². The molecule has 1 fully saturated rings. The lowest BCUT2D eigenvalue weighted by Gasteiger charge is -2.38. The van der Waals surface area contributed by atoms with Gasteiger partial charge in [0.2, 0.25) is 5.91 Å². The number of unbranched alkanes of at least 4 members (excludes halogenated alkanes) is 2. The van der Waals surface area contributed by atoms with Crippen LogP contribution in [0.15, 0.2) is 0 Å². The van der Waals surface area contributed by atoms with E-state index in [1.807, 2.05) is 18.9 Å². The fourth-order valence-electron chi connectivity index (χ4n) is 2.77. The Hall–Kier alpha value is -0.610. The lowest BCUT2D eigenvalue weighted by atomic mass is 9.91. The monoisotopic (exact) mass is 270 g/mol. The second-order valence-electron chi connectivity index (χ2n) is 5.76. The average Bonchev–Trinajstić information content (AvgIpc) is 2.42. The third-order valence-electron chi connectivity index (χ3n) is 4.29. The molecule has 3 unspecified atom stereocenters. The van der Waals surface area contributed by atoms with Gasteiger partial charge in [0, 0.05) is 12.6 Å². The third-order valence-corrected chi connectivity index (χ3v) is 4.29. The molecule has 19 heavy (non-hydrogen) atoms. The molecule has 0 saturated heterocycles. The molecule has 3 atom stereocenters. The van der Waals surface area contributed by atoms with E-state index in [4.69, 9.17) is 0 Å². The summed E-state index contributed by atoms with van der Waals surface area (Å²) in [5, 5.41) is 13.0. The quantitative estimate of drug-likeness (QED) is 0.695. The number of rotatable bonds is 7. The number of carbonyl (C=O) groups is 1. The molecule has 0 radical (unpaired) electrons. The molecule has 1 aliphatic rings. The van der Waals surface area contributed by atoms with Crippen LogP contribution >= 0.6 is 0 Å². The largest absolute Gasteiger partial charge is 0.391 e. The summed E-state index contributed by atoms with van der Waals surface area (Å²) in [6.45, 7) is 4.84. The number of aliphatic hydroxyl groups excluding tert-OH is 1. The number of carbonyl (C=O) groups excluding carboxylic acids is 1. The second-order valence-corrected chi connectivity index (χ2v) is 5.76. The van der Waals surface area contributed by atoms with Gasteiger partial charge in [-0.3, -0.25) is 9.69 Å². The zero-order chi connectivity index (χ0) is 14.3. The first-order chi connectivity index (χ1) is 9.07. The molecule has 0 spiro atoms. The van der Waals surface area contributed by atoms with Crippen molar-refractivity contribution in [1.29, 1.82) is 0 Å². The Kier molecular flexibility index (Phi) is 7.39. The molecule has 112 valence electrons. The Bertz CT molecular complexity index is 271. The van der Waals surface area contributed by atoms with E-state index >= 15 is 0 Å². The van der Waals surface area contributed by atoms with Crippen molar-refractivity contribution < 1.29 is 9.90 Å². The summed E-state index contributed by atoms with van der Waals surface area (Å²) in [7, 11) is 1.95. The third kappa shape index (κ3) is 5.11. The van der Waals surface area contributed by atoms with Crippen LogP contribution < -0.4 is 5.32 Å². The average molecular weight is 270 g/mol. The zero-order valence-electron chi connectivity index (χ0n) is 12.7. The SMILES string of the molecule is CCCCCNC(=O)C(C)N(C)C1CCCCC1O. The van der Waals surface area contributed by atoms with Crippen LogP contribution in [0.2, 0.25) is 0 Å². The molecule has 4 heteroatoms. The van der Waals surface area contributed by atoms with Crippen molar-refractivity contribution in [2.75, 3.05) is 13.6 Å². The summed E-state index contributed by atoms with van der Waals surface area (Å²) in [5.41, 5.74) is 0. The molecule has 4 nitrogen and oxygen atoms in total. The topological polar surface area (TPSA) is 52.6 Å². The maximum atomic E-state index is 12.1. The zero-order valence-corrected chi connectivity index (χ0v) is 12.7. The lowest BCUT2D eigenvalue weighted by Crippen LogP contribution is -2.52. The molecule has 1 amide bonds. The summed E-state index contributed by atoms with van der Waals surface area (Å²) < 4.78 is 0. The highest BCUT2D eigenvalue weighted by Crippen LogP contribution is 2.23. The van der Waals surface area contributed by atoms with Crippen LogP contribution in [0.4, 0.5) is 0 Å². The first kappa shape index (κ1) is 16.4. The van der Waals surface area contributed by atoms with E-state index in [0.29, 0.717) is 0 Å². The Morgan fingerprint density at radius 3 is 2.68 bits per heavy atom. The van der Waals surface area contributed by atoms with Crippen LogP contribution in [-0.4, -0.2) is 47.7 Å². The van der Waals surface area contributed by atoms with E-state index < -0.39 is 0 Å². The summed E-state index contributed by atoms with van der Waals surface area (Å²) in [5.74, 6) is 0.0800. The van der Waals surface area contributed by atoms with Gasteiger partial charge in [-0.15, -0.1) is 0 Å². The second kappa shape index (κ2) is 8.54. The summed E-state index contributed by atoms with van der Waals surface area (Å²) >= 11 is 0. The Morgan fingerprint density at radius 1 is 1.37 bits per heavy atom. The van der Waals surface area contributed by atoms with Crippen LogP contribution in [-0.2, 0) is 4.79 Å². The molecule has 1 saturated carbocycles. The molecular formula is C15H30N2O2. The Labute approximate surface area is 117 Å². The van der Waals surface area contributed by atoms with Crippen LogP contribution in [0.1, 0.15) is 58.8 Å². The molecule has 1 aliphatic carbocycles. The van der Waals surface area contributed by atoms with Gasteiger partial charge in [0.05, 0.1) is 12.1 Å². The minimum atomic E-state index is -0.283. The highest BCUT2D eigenvalue weighted by molar-refractivity contribution is 5.81. The predicted molar refractivity (Wildman–Crippen MR) is 78.0 cm³/mol. The number of hydrogen-bond acceptors (Lipinski definition) is 3. The fourth-order valence-corrected chi connectivity index (χ4v) is 2.77. The van der Waals surface area contributed by atoms with Crippen molar-refractivity contribution in [3.63, 3.8) is 0 Å². The molecule has 1 rings (SSSR count). The van der Waals surface area contributed by atoms with E-state index in [1.54, 1.807) is 0 Å². The lowest BCUT2D eigenvalue weighted by molar-refractivity contribution is -0.127. The number of aliphatic hydroxyl groups is 1. The molecule has 0 aromatic rings. The summed E-state index contributed by atoms with van der Waals surface area (Å²) in [6.07, 6.45) is 7.19. The molecule has 0 aliphatic heterocycles. The van der Waals surface area contributed by atoms with Crippen LogP contribution in [0, 0.1) is 0 Å². The molecular weight excluding hydrogens is 240 g/mol. The molecule has 2 N–H and O–H groups in total. The van der Waals surface area contributed by atoms with Crippen molar-refractivity contribution in [2.45, 2.75) is 77.0 Å². The number of amides is 1. The number of nitrogens with zero attached hydrogens (tertiary/aromatic N) is 1. The van der Waals surface area contributed by atoms with Crippen molar-refractivity contribution in [3.05, 3.63) is 0 Å². The van der Waals surface area contributed by atoms with Gasteiger partial charge < -0.3 is 10.4 Å². The number of nitrogens with one attached hydrogen (secondary N) is 1. The van der Waals surface area contributed by atoms with Gasteiger partial charge in [-0.25, -0.2) is 0 Å². The number of hydrogen-bond donors (Lipinski definition) is 2. The fraction of sp³-hybridized carbons (Fsp3) is 0.933. The number of likely N-dealkylation sites (N-methyl/N-ethyl adjacent to an activating group) is 1. The van der Waals surface area contributed by atoms with Gasteiger partial charge in [-0.2, -0.15) is 0 Å². The van der Waals surface area contributed by atoms with E-state index in [9.17, 15) is 9.90 Å². The van der Waals surface area contributed by atoms with Crippen molar-refractivity contribution in [3.8, 4) is 0 Å². The van der Waals surface area contributed by atoms with E-state index in [-0.39, 0.29) is 24.1 Å². The van der Waals surface area contributed by atoms with Crippen molar-refractivity contribution >= 4 is 5.91 Å². The van der Waals surface area contributed by atoms with E-state index in [2.05, 4.69) is 12.2 Å². The Morgan fingerprint density at radius 2 is 2.05 bits per heavy atom. The maximum absolute atomic E-state index is 12.1. The van der Waals surface area contributed by atoms with Crippen molar-refractivity contribution in [1.82, 2.24) is 10.2 Å². The Balaban J connectivity index is 2.37. The van der Waals surface area contributed by atoms with Crippen LogP contribution in [0.3, 0.4) is 0 Å². The van der Waals surface area contributed by atoms with Gasteiger partial charge in [0.25, 0.3) is 0 Å². The van der Waals surface area contributed by atoms with Gasteiger partial charge in [0.1, 0.15) is 0 Å².